The zero-order valence-electron chi connectivity index (χ0n) is 52.2. The molecule has 0 saturated heterocycles. The van der Waals surface area contributed by atoms with Crippen LogP contribution >= 0.6 is 0 Å². The summed E-state index contributed by atoms with van der Waals surface area (Å²) in [5.41, 5.74) is 17.6. The number of anilines is 6. The molecule has 4 aromatic heterocycles. The zero-order chi connectivity index (χ0) is 60.5. The lowest BCUT2D eigenvalue weighted by Gasteiger charge is -2.31. The van der Waals surface area contributed by atoms with Crippen molar-refractivity contribution >= 4 is 154 Å². The molecule has 16 rings (SSSR count). The first-order valence-electron chi connectivity index (χ1n) is 30.9. The molecule has 0 N–H and O–H groups in total. The van der Waals surface area contributed by atoms with Gasteiger partial charge in [0.1, 0.15) is 44.7 Å². The van der Waals surface area contributed by atoms with Crippen LogP contribution in [0.5, 0.6) is 0 Å². The number of fused-ring (bicyclic) bond motifs is 17. The Morgan fingerprint density at radius 2 is 0.523 bits per heavy atom. The molecule has 0 aliphatic heterocycles. The molecule has 88 heavy (non-hydrogen) atoms. The predicted molar refractivity (Wildman–Crippen MR) is 372 cm³/mol. The standard InChI is InChI=1S/C82H70N2O4/c1-79(2,3)51-37-52(80(4,5)6)40-59(39-51)83(57-25-29-65-75(45-57)85-69-31-21-47-17-13-15-19-61(47)77(65)69)55-23-27-63-67-33-49-34-68-64-28-24-56(44-74(64)88-72(68)36-50(49)35-71(67)87-73(63)43-55)84(60-41-53(81(7,8)9)38-54(42-60)82(10,11)12)58-26-30-66-76(46-58)86-70-32-22-48-18-14-16-20-62(48)78(66)70/h13-46H,1-12H3. The van der Waals surface area contributed by atoms with Crippen LogP contribution in [-0.2, 0) is 21.7 Å². The van der Waals surface area contributed by atoms with Gasteiger partial charge in [-0.05, 0) is 185 Å². The summed E-state index contributed by atoms with van der Waals surface area (Å²) in [7, 11) is 0. The Bertz CT molecular complexity index is 5170. The Labute approximate surface area is 512 Å². The molecule has 6 heteroatoms. The van der Waals surface area contributed by atoms with Crippen LogP contribution in [0.15, 0.2) is 224 Å². The molecule has 0 aliphatic rings. The van der Waals surface area contributed by atoms with Gasteiger partial charge in [-0.2, -0.15) is 0 Å². The van der Waals surface area contributed by atoms with E-state index in [1.807, 2.05) is 0 Å². The first-order valence-corrected chi connectivity index (χ1v) is 30.9. The molecule has 0 radical (unpaired) electrons. The smallest absolute Gasteiger partial charge is 0.137 e. The fourth-order valence-corrected chi connectivity index (χ4v) is 13.5. The highest BCUT2D eigenvalue weighted by atomic mass is 16.3. The van der Waals surface area contributed by atoms with Crippen molar-refractivity contribution in [1.82, 2.24) is 0 Å². The van der Waals surface area contributed by atoms with E-state index < -0.39 is 0 Å². The van der Waals surface area contributed by atoms with Gasteiger partial charge in [-0.3, -0.25) is 0 Å². The minimum Gasteiger partial charge on any atom is -0.456 e. The minimum absolute atomic E-state index is 0.0896. The Hall–Kier alpha value is -9.78. The van der Waals surface area contributed by atoms with Crippen LogP contribution in [-0.4, -0.2) is 0 Å². The Balaban J connectivity index is 0.819. The number of benzene rings is 12. The average Bonchev–Trinajstić information content (AvgIpc) is 1.67. The van der Waals surface area contributed by atoms with E-state index in [0.717, 1.165) is 133 Å². The van der Waals surface area contributed by atoms with E-state index in [1.54, 1.807) is 0 Å². The van der Waals surface area contributed by atoms with Crippen LogP contribution in [0.25, 0.3) is 120 Å². The van der Waals surface area contributed by atoms with Gasteiger partial charge in [0.25, 0.3) is 0 Å². The van der Waals surface area contributed by atoms with Crippen molar-refractivity contribution in [1.29, 1.82) is 0 Å². The molecule has 0 fully saturated rings. The zero-order valence-corrected chi connectivity index (χ0v) is 52.2. The Morgan fingerprint density at radius 1 is 0.216 bits per heavy atom. The van der Waals surface area contributed by atoms with Gasteiger partial charge in [-0.1, -0.05) is 156 Å². The van der Waals surface area contributed by atoms with E-state index in [9.17, 15) is 0 Å². The SMILES string of the molecule is CC(C)(C)c1cc(N(c2ccc3c(c2)oc2cc4cc5oc6cc(N(c7cc(C(C)(C)C)cc(C(C)(C)C)c7)c7ccc8c(c7)oc7ccc9ccccc9c78)ccc6c5cc4cc23)c2ccc3c(c2)oc2ccc4ccccc4c23)cc(C(C)(C)C)c1. The monoisotopic (exact) mass is 1150 g/mol. The van der Waals surface area contributed by atoms with Crippen molar-refractivity contribution in [3.63, 3.8) is 0 Å². The van der Waals surface area contributed by atoms with Gasteiger partial charge in [0, 0.05) is 101 Å². The van der Waals surface area contributed by atoms with Crippen molar-refractivity contribution < 1.29 is 17.7 Å². The average molecular weight is 1150 g/mol. The highest BCUT2D eigenvalue weighted by molar-refractivity contribution is 6.21. The number of furan rings is 4. The van der Waals surface area contributed by atoms with Crippen molar-refractivity contribution in [2.45, 2.75) is 105 Å². The lowest BCUT2D eigenvalue weighted by atomic mass is 9.80. The van der Waals surface area contributed by atoms with Crippen LogP contribution in [0, 0.1) is 0 Å². The van der Waals surface area contributed by atoms with Gasteiger partial charge in [0.2, 0.25) is 0 Å². The maximum Gasteiger partial charge on any atom is 0.137 e. The second-order valence-electron chi connectivity index (χ2n) is 28.7. The molecule has 0 aliphatic carbocycles. The van der Waals surface area contributed by atoms with E-state index >= 15 is 0 Å². The lowest BCUT2D eigenvalue weighted by molar-refractivity contribution is 0.568. The summed E-state index contributed by atoms with van der Waals surface area (Å²) in [5.74, 6) is 0. The third-order valence-electron chi connectivity index (χ3n) is 18.5. The second-order valence-corrected chi connectivity index (χ2v) is 28.7. The van der Waals surface area contributed by atoms with Crippen molar-refractivity contribution in [2.24, 2.45) is 0 Å². The van der Waals surface area contributed by atoms with Crippen molar-refractivity contribution in [3.05, 3.63) is 229 Å². The van der Waals surface area contributed by atoms with E-state index in [0.29, 0.717) is 0 Å². The molecule has 0 bridgehead atoms. The van der Waals surface area contributed by atoms with Gasteiger partial charge < -0.3 is 27.5 Å². The fraction of sp³-hybridized carbons (Fsp3) is 0.195. The number of nitrogens with zero attached hydrogens (tertiary/aromatic N) is 2. The summed E-state index contributed by atoms with van der Waals surface area (Å²) < 4.78 is 27.4. The first kappa shape index (κ1) is 53.7. The van der Waals surface area contributed by atoms with Crippen molar-refractivity contribution in [2.75, 3.05) is 9.80 Å². The maximum absolute atomic E-state index is 6.96. The largest absolute Gasteiger partial charge is 0.456 e. The molecule has 6 nitrogen and oxygen atoms in total. The summed E-state index contributed by atoms with van der Waals surface area (Å²) in [6, 6.07) is 75.4. The minimum atomic E-state index is -0.0896. The normalized spacial score (nSPS) is 13.0. The molecule has 12 aromatic carbocycles. The molecule has 4 heterocycles. The summed E-state index contributed by atoms with van der Waals surface area (Å²) in [4.78, 5) is 4.74. The van der Waals surface area contributed by atoms with Crippen LogP contribution in [0.4, 0.5) is 34.1 Å². The molecule has 0 spiro atoms. The molecule has 0 unspecified atom stereocenters. The first-order chi connectivity index (χ1) is 42.1. The number of hydrogen-bond donors (Lipinski definition) is 0. The van der Waals surface area contributed by atoms with Crippen LogP contribution in [0.3, 0.4) is 0 Å². The van der Waals surface area contributed by atoms with E-state index in [-0.39, 0.29) is 21.7 Å². The topological polar surface area (TPSA) is 59.0 Å². The number of rotatable bonds is 6. The number of hydrogen-bond acceptors (Lipinski definition) is 6. The highest BCUT2D eigenvalue weighted by Crippen LogP contribution is 2.48. The van der Waals surface area contributed by atoms with Crippen molar-refractivity contribution in [3.8, 4) is 0 Å². The highest BCUT2D eigenvalue weighted by Gasteiger charge is 2.28. The molecule has 16 aromatic rings. The van der Waals surface area contributed by atoms with Crippen LogP contribution in [0.2, 0.25) is 0 Å². The summed E-state index contributed by atoms with van der Waals surface area (Å²) >= 11 is 0. The summed E-state index contributed by atoms with van der Waals surface area (Å²) in [6.45, 7) is 27.6. The van der Waals surface area contributed by atoms with E-state index in [2.05, 4.69) is 299 Å². The fourth-order valence-electron chi connectivity index (χ4n) is 13.5. The van der Waals surface area contributed by atoms with Crippen LogP contribution < -0.4 is 9.80 Å². The molecular formula is C82H70N2O4. The maximum atomic E-state index is 6.96. The van der Waals surface area contributed by atoms with E-state index in [1.165, 1.54) is 43.8 Å². The third kappa shape index (κ3) is 8.73. The van der Waals surface area contributed by atoms with Gasteiger partial charge in [-0.15, -0.1) is 0 Å². The van der Waals surface area contributed by atoms with Gasteiger partial charge in [-0.25, -0.2) is 0 Å². The molecular weight excluding hydrogens is 1080 g/mol. The summed E-state index contributed by atoms with van der Waals surface area (Å²) in [5, 5.41) is 15.6. The van der Waals surface area contributed by atoms with Gasteiger partial charge in [0.15, 0.2) is 0 Å². The third-order valence-corrected chi connectivity index (χ3v) is 18.5. The Kier molecular flexibility index (Phi) is 11.5. The summed E-state index contributed by atoms with van der Waals surface area (Å²) in [6.07, 6.45) is 0. The molecule has 0 atom stereocenters. The molecule has 0 amide bonds. The van der Waals surface area contributed by atoms with Gasteiger partial charge in [0.05, 0.1) is 0 Å². The quantitative estimate of drug-likeness (QED) is 0.165. The predicted octanol–water partition coefficient (Wildman–Crippen LogP) is 24.9. The van der Waals surface area contributed by atoms with E-state index in [4.69, 9.17) is 17.7 Å². The van der Waals surface area contributed by atoms with Gasteiger partial charge >= 0.3 is 0 Å². The Morgan fingerprint density at radius 3 is 0.886 bits per heavy atom. The van der Waals surface area contributed by atoms with Crippen LogP contribution in [0.1, 0.15) is 105 Å². The second kappa shape index (κ2) is 18.9. The lowest BCUT2D eigenvalue weighted by Crippen LogP contribution is -2.19. The molecule has 432 valence electrons. The molecule has 0 saturated carbocycles.